The van der Waals surface area contributed by atoms with Crippen LogP contribution < -0.4 is 5.32 Å². The molecule has 4 rings (SSSR count). The van der Waals surface area contributed by atoms with Crippen LogP contribution in [0, 0.1) is 10.8 Å². The van der Waals surface area contributed by atoms with Crippen molar-refractivity contribution in [3.8, 4) is 0 Å². The Hall–Kier alpha value is -1.70. The van der Waals surface area contributed by atoms with E-state index in [0.717, 1.165) is 0 Å². The van der Waals surface area contributed by atoms with Crippen LogP contribution in [0.15, 0.2) is 32.9 Å². The number of nitrogens with one attached hydrogen (secondary N) is 1. The van der Waals surface area contributed by atoms with Gasteiger partial charge in [0.2, 0.25) is 0 Å². The van der Waals surface area contributed by atoms with Crippen molar-refractivity contribution < 1.29 is 22.7 Å². The Labute approximate surface area is 143 Å². The van der Waals surface area contributed by atoms with Crippen molar-refractivity contribution in [3.05, 3.63) is 22.7 Å². The summed E-state index contributed by atoms with van der Waals surface area (Å²) in [5.74, 6) is 0.451. The van der Waals surface area contributed by atoms with E-state index in [4.69, 9.17) is 4.74 Å². The SMILES string of the molecule is CC1(C)CC(=O)C2=C(C1)NC1=C(CN=N1)[C@@]21CCO[C@H](C(F)(F)F)C1. The summed E-state index contributed by atoms with van der Waals surface area (Å²) in [5.41, 5.74) is 0.730. The minimum absolute atomic E-state index is 0.0333. The Morgan fingerprint density at radius 3 is 2.76 bits per heavy atom. The lowest BCUT2D eigenvalue weighted by Crippen LogP contribution is -2.50. The molecule has 0 aromatic rings. The predicted octanol–water partition coefficient (Wildman–Crippen LogP) is 3.64. The monoisotopic (exact) mass is 355 g/mol. The third-order valence-electron chi connectivity index (χ3n) is 5.63. The Morgan fingerprint density at radius 1 is 1.28 bits per heavy atom. The molecule has 0 radical (unpaired) electrons. The van der Waals surface area contributed by atoms with Gasteiger partial charge in [0.15, 0.2) is 17.7 Å². The number of rotatable bonds is 0. The highest BCUT2D eigenvalue weighted by molar-refractivity contribution is 6.00. The van der Waals surface area contributed by atoms with E-state index < -0.39 is 17.7 Å². The molecule has 1 spiro atoms. The standard InChI is InChI=1S/C17H20F3N3O2/c1-15(2)5-10-13(11(24)6-15)16(9-8-21-23-14(9)22-10)3-4-25-12(7-16)17(18,19)20/h12,22H,3-8H2,1-2H3/t12-,16-/m0/s1. The zero-order valence-corrected chi connectivity index (χ0v) is 14.2. The molecule has 1 aliphatic carbocycles. The molecule has 2 atom stereocenters. The molecule has 25 heavy (non-hydrogen) atoms. The topological polar surface area (TPSA) is 63.0 Å². The van der Waals surface area contributed by atoms with E-state index in [0.29, 0.717) is 41.9 Å². The first-order valence-electron chi connectivity index (χ1n) is 8.46. The molecule has 1 N–H and O–H groups in total. The lowest BCUT2D eigenvalue weighted by molar-refractivity contribution is -0.239. The normalized spacial score (nSPS) is 34.3. The van der Waals surface area contributed by atoms with Crippen LogP contribution in [0.1, 0.15) is 39.5 Å². The number of ether oxygens (including phenoxy) is 1. The van der Waals surface area contributed by atoms with E-state index in [1.165, 1.54) is 0 Å². The number of carbonyl (C=O) groups excluding carboxylic acids is 1. The van der Waals surface area contributed by atoms with Crippen molar-refractivity contribution in [2.75, 3.05) is 13.2 Å². The molecule has 4 aliphatic rings. The van der Waals surface area contributed by atoms with Gasteiger partial charge in [0, 0.05) is 35.3 Å². The van der Waals surface area contributed by atoms with Gasteiger partial charge < -0.3 is 10.1 Å². The van der Waals surface area contributed by atoms with Gasteiger partial charge in [-0.1, -0.05) is 13.8 Å². The second-order valence-electron chi connectivity index (χ2n) is 8.08. The predicted molar refractivity (Wildman–Crippen MR) is 82.4 cm³/mol. The van der Waals surface area contributed by atoms with Gasteiger partial charge in [-0.25, -0.2) is 0 Å². The summed E-state index contributed by atoms with van der Waals surface area (Å²) in [6, 6.07) is 0. The third kappa shape index (κ3) is 2.53. The molecule has 1 saturated heterocycles. The van der Waals surface area contributed by atoms with Crippen LogP contribution in [0.25, 0.3) is 0 Å². The Balaban J connectivity index is 1.84. The summed E-state index contributed by atoms with van der Waals surface area (Å²) in [7, 11) is 0. The highest BCUT2D eigenvalue weighted by atomic mass is 19.4. The van der Waals surface area contributed by atoms with Gasteiger partial charge in [0.25, 0.3) is 0 Å². The molecule has 0 amide bonds. The molecule has 3 heterocycles. The fraction of sp³-hybridized carbons (Fsp3) is 0.706. The zero-order valence-electron chi connectivity index (χ0n) is 14.2. The molecule has 3 aliphatic heterocycles. The molecular formula is C17H20F3N3O2. The number of nitrogens with zero attached hydrogens (tertiary/aromatic N) is 2. The van der Waals surface area contributed by atoms with Gasteiger partial charge in [-0.15, -0.1) is 5.11 Å². The van der Waals surface area contributed by atoms with Crippen LogP contribution in [0.3, 0.4) is 0 Å². The van der Waals surface area contributed by atoms with Crippen LogP contribution in [0.5, 0.6) is 0 Å². The molecule has 0 saturated carbocycles. The Kier molecular flexibility index (Phi) is 3.45. The van der Waals surface area contributed by atoms with Gasteiger partial charge in [0.05, 0.1) is 6.54 Å². The lowest BCUT2D eigenvalue weighted by Gasteiger charge is -2.49. The number of azo groups is 1. The second kappa shape index (κ2) is 5.16. The summed E-state index contributed by atoms with van der Waals surface area (Å²) in [6.07, 6.45) is -5.29. The number of Topliss-reactive ketones (excluding diaryl/α,β-unsaturated/α-hetero) is 1. The quantitative estimate of drug-likeness (QED) is 0.722. The number of hydrogen-bond acceptors (Lipinski definition) is 5. The number of halogens is 3. The average molecular weight is 355 g/mol. The fourth-order valence-electron chi connectivity index (χ4n) is 4.63. The van der Waals surface area contributed by atoms with Gasteiger partial charge in [-0.05, 0) is 24.7 Å². The summed E-state index contributed by atoms with van der Waals surface area (Å²) in [5, 5.41) is 11.3. The van der Waals surface area contributed by atoms with Crippen molar-refractivity contribution in [1.29, 1.82) is 0 Å². The van der Waals surface area contributed by atoms with E-state index >= 15 is 0 Å². The van der Waals surface area contributed by atoms with E-state index in [2.05, 4.69) is 15.5 Å². The minimum atomic E-state index is -4.45. The number of hydrogen-bond donors (Lipinski definition) is 1. The Morgan fingerprint density at radius 2 is 2.04 bits per heavy atom. The van der Waals surface area contributed by atoms with Crippen molar-refractivity contribution in [1.82, 2.24) is 5.32 Å². The van der Waals surface area contributed by atoms with Crippen molar-refractivity contribution >= 4 is 5.78 Å². The molecule has 0 bridgehead atoms. The minimum Gasteiger partial charge on any atom is -0.369 e. The third-order valence-corrected chi connectivity index (χ3v) is 5.63. The van der Waals surface area contributed by atoms with E-state index in [9.17, 15) is 18.0 Å². The Bertz CT molecular complexity index is 736. The molecule has 1 fully saturated rings. The van der Waals surface area contributed by atoms with E-state index in [-0.39, 0.29) is 30.8 Å². The highest BCUT2D eigenvalue weighted by Crippen LogP contribution is 2.56. The highest BCUT2D eigenvalue weighted by Gasteiger charge is 2.57. The second-order valence-corrected chi connectivity index (χ2v) is 8.08. The molecule has 136 valence electrons. The molecule has 8 heteroatoms. The van der Waals surface area contributed by atoms with Crippen LogP contribution in [-0.2, 0) is 9.53 Å². The van der Waals surface area contributed by atoms with Crippen molar-refractivity contribution in [3.63, 3.8) is 0 Å². The molecule has 0 unspecified atom stereocenters. The van der Waals surface area contributed by atoms with Crippen LogP contribution >= 0.6 is 0 Å². The number of ketones is 1. The summed E-state index contributed by atoms with van der Waals surface area (Å²) < 4.78 is 45.1. The van der Waals surface area contributed by atoms with Crippen LogP contribution in [-0.4, -0.2) is 31.2 Å². The number of dihydropyridines is 1. The van der Waals surface area contributed by atoms with Gasteiger partial charge in [-0.3, -0.25) is 4.79 Å². The molecule has 0 aromatic carbocycles. The van der Waals surface area contributed by atoms with Crippen molar-refractivity contribution in [2.45, 2.75) is 51.8 Å². The maximum Gasteiger partial charge on any atom is 0.414 e. The first-order chi connectivity index (χ1) is 11.6. The molecular weight excluding hydrogens is 335 g/mol. The van der Waals surface area contributed by atoms with Gasteiger partial charge in [0.1, 0.15) is 0 Å². The molecule has 5 nitrogen and oxygen atoms in total. The zero-order chi connectivity index (χ0) is 18.0. The maximum atomic E-state index is 13.4. The molecule has 0 aromatic heterocycles. The lowest BCUT2D eigenvalue weighted by atomic mass is 9.59. The first kappa shape index (κ1) is 16.8. The number of carbonyl (C=O) groups is 1. The smallest absolute Gasteiger partial charge is 0.369 e. The summed E-state index contributed by atoms with van der Waals surface area (Å²) >= 11 is 0. The van der Waals surface area contributed by atoms with Gasteiger partial charge >= 0.3 is 6.18 Å². The summed E-state index contributed by atoms with van der Waals surface area (Å²) in [4.78, 5) is 13.0. The van der Waals surface area contributed by atoms with Crippen molar-refractivity contribution in [2.24, 2.45) is 21.1 Å². The first-order valence-corrected chi connectivity index (χ1v) is 8.46. The van der Waals surface area contributed by atoms with E-state index in [1.807, 2.05) is 13.8 Å². The number of fused-ring (bicyclic) bond motifs is 2. The maximum absolute atomic E-state index is 13.4. The van der Waals surface area contributed by atoms with Crippen LogP contribution in [0.2, 0.25) is 0 Å². The van der Waals surface area contributed by atoms with Crippen LogP contribution in [0.4, 0.5) is 13.2 Å². The summed E-state index contributed by atoms with van der Waals surface area (Å²) in [6.45, 7) is 4.19. The van der Waals surface area contributed by atoms with E-state index in [1.54, 1.807) is 0 Å². The number of allylic oxidation sites excluding steroid dienone is 2. The largest absolute Gasteiger partial charge is 0.414 e. The van der Waals surface area contributed by atoms with Gasteiger partial charge in [-0.2, -0.15) is 18.3 Å². The number of alkyl halides is 3. The fourth-order valence-corrected chi connectivity index (χ4v) is 4.63. The average Bonchev–Trinajstić information content (AvgIpc) is 2.93.